The molecule has 1 saturated heterocycles. The smallest absolute Gasteiger partial charge is 0.230 e. The number of hydrogen-bond acceptors (Lipinski definition) is 5. The van der Waals surface area contributed by atoms with Gasteiger partial charge in [-0.15, -0.1) is 0 Å². The molecular formula is C12H16N2O3S2. The summed E-state index contributed by atoms with van der Waals surface area (Å²) >= 11 is 1.34. The quantitative estimate of drug-likeness (QED) is 0.835. The van der Waals surface area contributed by atoms with Crippen LogP contribution >= 0.6 is 11.8 Å². The third-order valence-electron chi connectivity index (χ3n) is 2.93. The van der Waals surface area contributed by atoms with Gasteiger partial charge in [-0.2, -0.15) is 0 Å². The Morgan fingerprint density at radius 3 is 2.89 bits per heavy atom. The van der Waals surface area contributed by atoms with Crippen molar-refractivity contribution < 1.29 is 13.2 Å². The van der Waals surface area contributed by atoms with Crippen molar-refractivity contribution in [3.8, 4) is 0 Å². The molecule has 2 rings (SSSR count). The third-order valence-corrected chi connectivity index (χ3v) is 5.78. The zero-order valence-corrected chi connectivity index (χ0v) is 12.3. The van der Waals surface area contributed by atoms with Crippen LogP contribution in [0.4, 0.5) is 0 Å². The van der Waals surface area contributed by atoms with Gasteiger partial charge in [0.05, 0.1) is 27.8 Å². The molecule has 0 bridgehead atoms. The predicted molar refractivity (Wildman–Crippen MR) is 74.8 cm³/mol. The third kappa shape index (κ3) is 4.21. The number of nitrogens with zero attached hydrogens (tertiary/aromatic N) is 1. The SMILES string of the molecule is C[C@@]1(NC(=O)CSc2ccccn2)CCS(=O)(=O)C1. The Bertz CT molecular complexity index is 560. The van der Waals surface area contributed by atoms with Gasteiger partial charge in [-0.05, 0) is 25.5 Å². The van der Waals surface area contributed by atoms with Crippen LogP contribution in [0.2, 0.25) is 0 Å². The number of thioether (sulfide) groups is 1. The molecule has 7 heteroatoms. The number of carbonyl (C=O) groups excluding carboxylic acids is 1. The lowest BCUT2D eigenvalue weighted by atomic mass is 10.0. The second kappa shape index (κ2) is 5.50. The van der Waals surface area contributed by atoms with Crippen molar-refractivity contribution in [2.45, 2.75) is 23.9 Å². The van der Waals surface area contributed by atoms with Gasteiger partial charge in [-0.1, -0.05) is 17.8 Å². The van der Waals surface area contributed by atoms with Gasteiger partial charge in [-0.25, -0.2) is 13.4 Å². The summed E-state index contributed by atoms with van der Waals surface area (Å²) in [5, 5.41) is 3.59. The number of nitrogens with one attached hydrogen (secondary N) is 1. The van der Waals surface area contributed by atoms with E-state index in [-0.39, 0.29) is 23.2 Å². The van der Waals surface area contributed by atoms with E-state index >= 15 is 0 Å². The van der Waals surface area contributed by atoms with Crippen LogP contribution in [-0.4, -0.2) is 42.1 Å². The highest BCUT2D eigenvalue weighted by molar-refractivity contribution is 7.99. The van der Waals surface area contributed by atoms with Crippen molar-refractivity contribution in [1.29, 1.82) is 0 Å². The van der Waals surface area contributed by atoms with E-state index in [9.17, 15) is 13.2 Å². The summed E-state index contributed by atoms with van der Waals surface area (Å²) in [5.74, 6) is 0.263. The van der Waals surface area contributed by atoms with Crippen LogP contribution in [0.15, 0.2) is 29.4 Å². The summed E-state index contributed by atoms with van der Waals surface area (Å²) in [6, 6.07) is 5.51. The molecule has 0 unspecified atom stereocenters. The molecular weight excluding hydrogens is 284 g/mol. The van der Waals surface area contributed by atoms with E-state index in [0.717, 1.165) is 5.03 Å². The minimum atomic E-state index is -3.00. The zero-order valence-electron chi connectivity index (χ0n) is 10.6. The van der Waals surface area contributed by atoms with Gasteiger partial charge in [0.1, 0.15) is 0 Å². The van der Waals surface area contributed by atoms with Crippen LogP contribution < -0.4 is 5.32 Å². The number of sulfone groups is 1. The molecule has 1 N–H and O–H groups in total. The molecule has 1 atom stereocenters. The standard InChI is InChI=1S/C12H16N2O3S2/c1-12(5-7-19(16,17)9-12)14-10(15)8-18-11-4-2-3-6-13-11/h2-4,6H,5,7-9H2,1H3,(H,14,15)/t12-/m1/s1. The van der Waals surface area contributed by atoms with Gasteiger partial charge < -0.3 is 5.32 Å². The highest BCUT2D eigenvalue weighted by atomic mass is 32.2. The summed E-state index contributed by atoms with van der Waals surface area (Å²) in [6.45, 7) is 1.78. The molecule has 1 amide bonds. The molecule has 0 saturated carbocycles. The highest BCUT2D eigenvalue weighted by Gasteiger charge is 2.39. The Balaban J connectivity index is 1.85. The molecule has 5 nitrogen and oxygen atoms in total. The maximum Gasteiger partial charge on any atom is 0.230 e. The van der Waals surface area contributed by atoms with Crippen LogP contribution in [0.5, 0.6) is 0 Å². The molecule has 2 heterocycles. The van der Waals surface area contributed by atoms with E-state index in [1.807, 2.05) is 18.2 Å². The van der Waals surface area contributed by atoms with Gasteiger partial charge in [0.25, 0.3) is 0 Å². The molecule has 0 radical (unpaired) electrons. The van der Waals surface area contributed by atoms with Crippen molar-refractivity contribution >= 4 is 27.5 Å². The Morgan fingerprint density at radius 2 is 2.32 bits per heavy atom. The van der Waals surface area contributed by atoms with Crippen molar-refractivity contribution in [2.24, 2.45) is 0 Å². The largest absolute Gasteiger partial charge is 0.349 e. The number of rotatable bonds is 4. The molecule has 1 aromatic heterocycles. The molecule has 0 aromatic carbocycles. The number of carbonyl (C=O) groups is 1. The van der Waals surface area contributed by atoms with Crippen LogP contribution in [0.3, 0.4) is 0 Å². The maximum absolute atomic E-state index is 11.8. The first kappa shape index (κ1) is 14.3. The minimum Gasteiger partial charge on any atom is -0.349 e. The first-order valence-electron chi connectivity index (χ1n) is 5.94. The summed E-state index contributed by atoms with van der Waals surface area (Å²) < 4.78 is 22.9. The molecule has 1 aliphatic heterocycles. The number of hydrogen-bond donors (Lipinski definition) is 1. The second-order valence-corrected chi connectivity index (χ2v) is 8.09. The number of aromatic nitrogens is 1. The van der Waals surface area contributed by atoms with Crippen LogP contribution in [0.25, 0.3) is 0 Å². The van der Waals surface area contributed by atoms with E-state index in [1.165, 1.54) is 11.8 Å². The lowest BCUT2D eigenvalue weighted by Crippen LogP contribution is -2.47. The molecule has 1 fully saturated rings. The van der Waals surface area contributed by atoms with Crippen molar-refractivity contribution in [2.75, 3.05) is 17.3 Å². The maximum atomic E-state index is 11.8. The monoisotopic (exact) mass is 300 g/mol. The van der Waals surface area contributed by atoms with E-state index in [4.69, 9.17) is 0 Å². The molecule has 0 spiro atoms. The van der Waals surface area contributed by atoms with Crippen molar-refractivity contribution in [3.63, 3.8) is 0 Å². The minimum absolute atomic E-state index is 0.0278. The Hall–Kier alpha value is -1.08. The number of pyridine rings is 1. The van der Waals surface area contributed by atoms with Gasteiger partial charge >= 0.3 is 0 Å². The molecule has 1 aliphatic rings. The molecule has 1 aromatic rings. The van der Waals surface area contributed by atoms with E-state index < -0.39 is 15.4 Å². The summed E-state index contributed by atoms with van der Waals surface area (Å²) in [5.41, 5.74) is -0.624. The van der Waals surface area contributed by atoms with Gasteiger partial charge in [-0.3, -0.25) is 4.79 Å². The van der Waals surface area contributed by atoms with Gasteiger partial charge in [0.15, 0.2) is 9.84 Å². The fourth-order valence-corrected chi connectivity index (χ4v) is 4.81. The van der Waals surface area contributed by atoms with Crippen molar-refractivity contribution in [1.82, 2.24) is 10.3 Å². The topological polar surface area (TPSA) is 76.1 Å². The first-order valence-corrected chi connectivity index (χ1v) is 8.75. The predicted octanol–water partition coefficient (Wildman–Crippen LogP) is 0.867. The first-order chi connectivity index (χ1) is 8.89. The fourth-order valence-electron chi connectivity index (χ4n) is 2.05. The summed E-state index contributed by atoms with van der Waals surface area (Å²) in [7, 11) is -3.00. The average Bonchev–Trinajstić information content (AvgIpc) is 2.62. The van der Waals surface area contributed by atoms with Crippen molar-refractivity contribution in [3.05, 3.63) is 24.4 Å². The Labute approximate surface area is 117 Å². The lowest BCUT2D eigenvalue weighted by Gasteiger charge is -2.23. The zero-order chi connectivity index (χ0) is 13.9. The second-order valence-electron chi connectivity index (χ2n) is 4.91. The molecule has 104 valence electrons. The van der Waals surface area contributed by atoms with Crippen LogP contribution in [0, 0.1) is 0 Å². The summed E-state index contributed by atoms with van der Waals surface area (Å²) in [4.78, 5) is 15.9. The van der Waals surface area contributed by atoms with E-state index in [2.05, 4.69) is 10.3 Å². The van der Waals surface area contributed by atoms with Crippen LogP contribution in [-0.2, 0) is 14.6 Å². The lowest BCUT2D eigenvalue weighted by molar-refractivity contribution is -0.120. The summed E-state index contributed by atoms with van der Waals surface area (Å²) in [6.07, 6.45) is 2.15. The van der Waals surface area contributed by atoms with E-state index in [1.54, 1.807) is 13.1 Å². The normalized spacial score (nSPS) is 25.1. The number of amides is 1. The van der Waals surface area contributed by atoms with E-state index in [0.29, 0.717) is 6.42 Å². The Kier molecular flexibility index (Phi) is 4.15. The fraction of sp³-hybridized carbons (Fsp3) is 0.500. The average molecular weight is 300 g/mol. The molecule has 0 aliphatic carbocycles. The molecule has 19 heavy (non-hydrogen) atoms. The highest BCUT2D eigenvalue weighted by Crippen LogP contribution is 2.23. The Morgan fingerprint density at radius 1 is 1.53 bits per heavy atom. The van der Waals surface area contributed by atoms with Crippen LogP contribution in [0.1, 0.15) is 13.3 Å². The van der Waals surface area contributed by atoms with Gasteiger partial charge in [0.2, 0.25) is 5.91 Å². The van der Waals surface area contributed by atoms with Gasteiger partial charge in [0, 0.05) is 6.20 Å².